The molecule has 1 rings (SSSR count). The van der Waals surface area contributed by atoms with Crippen LogP contribution < -0.4 is 4.74 Å². The molecule has 0 heterocycles. The van der Waals surface area contributed by atoms with E-state index in [4.69, 9.17) is 10.00 Å². The molecule has 0 fully saturated rings. The summed E-state index contributed by atoms with van der Waals surface area (Å²) in [6.45, 7) is 11.7. The fraction of sp³-hybridized carbons (Fsp3) is 0.500. The Morgan fingerprint density at radius 3 is 1.88 bits per heavy atom. The standard InChI is InChI=1S/C10H11NO.2C2H6/c1-8-3-5-10(6-4-8)12-9(2)7-11;2*1-2/h3-6,9H,1-2H3;2*1-2H3. The van der Waals surface area contributed by atoms with Crippen molar-refractivity contribution in [2.75, 3.05) is 0 Å². The third-order valence-corrected chi connectivity index (χ3v) is 1.52. The maximum absolute atomic E-state index is 8.48. The highest BCUT2D eigenvalue weighted by Gasteiger charge is 1.99. The molecule has 0 bridgehead atoms. The van der Waals surface area contributed by atoms with Crippen molar-refractivity contribution in [3.63, 3.8) is 0 Å². The van der Waals surface area contributed by atoms with Gasteiger partial charge in [-0.2, -0.15) is 5.26 Å². The Balaban J connectivity index is 0. The van der Waals surface area contributed by atoms with E-state index >= 15 is 0 Å². The fourth-order valence-electron chi connectivity index (χ4n) is 0.847. The number of nitrogens with zero attached hydrogens (tertiary/aromatic N) is 1. The van der Waals surface area contributed by atoms with E-state index in [9.17, 15) is 0 Å². The Labute approximate surface area is 99.9 Å². The maximum atomic E-state index is 8.48. The summed E-state index contributed by atoms with van der Waals surface area (Å²) in [7, 11) is 0. The number of hydrogen-bond donors (Lipinski definition) is 0. The highest BCUT2D eigenvalue weighted by atomic mass is 16.5. The van der Waals surface area contributed by atoms with Crippen LogP contribution in [0.25, 0.3) is 0 Å². The molecule has 0 aliphatic rings. The molecule has 0 spiro atoms. The SMILES string of the molecule is CC.CC.Cc1ccc(OC(C)C#N)cc1. The van der Waals surface area contributed by atoms with Crippen LogP contribution in [0.3, 0.4) is 0 Å². The number of nitriles is 1. The lowest BCUT2D eigenvalue weighted by Gasteiger charge is -2.06. The van der Waals surface area contributed by atoms with E-state index in [0.29, 0.717) is 0 Å². The van der Waals surface area contributed by atoms with Crippen LogP contribution in [0.2, 0.25) is 0 Å². The largest absolute Gasteiger partial charge is 0.476 e. The van der Waals surface area contributed by atoms with Crippen molar-refractivity contribution in [1.29, 1.82) is 5.26 Å². The molecule has 0 N–H and O–H groups in total. The van der Waals surface area contributed by atoms with Crippen LogP contribution in [-0.4, -0.2) is 6.10 Å². The molecule has 0 saturated carbocycles. The summed E-state index contributed by atoms with van der Waals surface area (Å²) in [6.07, 6.45) is -0.382. The van der Waals surface area contributed by atoms with Crippen LogP contribution in [-0.2, 0) is 0 Å². The van der Waals surface area contributed by atoms with E-state index in [1.165, 1.54) is 5.56 Å². The second-order valence-corrected chi connectivity index (χ2v) is 2.70. The number of aryl methyl sites for hydroxylation is 1. The van der Waals surface area contributed by atoms with Gasteiger partial charge in [0.25, 0.3) is 0 Å². The monoisotopic (exact) mass is 221 g/mol. The van der Waals surface area contributed by atoms with E-state index in [1.807, 2.05) is 65.0 Å². The Kier molecular flexibility index (Phi) is 12.3. The highest BCUT2D eigenvalue weighted by molar-refractivity contribution is 5.26. The molecular weight excluding hydrogens is 198 g/mol. The lowest BCUT2D eigenvalue weighted by Crippen LogP contribution is -2.07. The van der Waals surface area contributed by atoms with Gasteiger partial charge in [-0.1, -0.05) is 45.4 Å². The van der Waals surface area contributed by atoms with Crippen molar-refractivity contribution in [2.45, 2.75) is 47.6 Å². The van der Waals surface area contributed by atoms with Crippen LogP contribution in [0.15, 0.2) is 24.3 Å². The Morgan fingerprint density at radius 1 is 1.06 bits per heavy atom. The van der Waals surface area contributed by atoms with Crippen molar-refractivity contribution in [3.8, 4) is 11.8 Å². The zero-order valence-electron chi connectivity index (χ0n) is 11.2. The van der Waals surface area contributed by atoms with Crippen LogP contribution in [0, 0.1) is 18.3 Å². The van der Waals surface area contributed by atoms with E-state index in [2.05, 4.69) is 0 Å². The summed E-state index contributed by atoms with van der Waals surface area (Å²) >= 11 is 0. The van der Waals surface area contributed by atoms with Crippen molar-refractivity contribution in [2.24, 2.45) is 0 Å². The zero-order chi connectivity index (χ0) is 13.0. The van der Waals surface area contributed by atoms with Gasteiger partial charge in [0.15, 0.2) is 6.10 Å². The van der Waals surface area contributed by atoms with Crippen molar-refractivity contribution < 1.29 is 4.74 Å². The van der Waals surface area contributed by atoms with Crippen molar-refractivity contribution >= 4 is 0 Å². The molecular formula is C14H23NO. The average molecular weight is 221 g/mol. The van der Waals surface area contributed by atoms with Gasteiger partial charge in [0.1, 0.15) is 11.8 Å². The molecule has 1 atom stereocenters. The topological polar surface area (TPSA) is 33.0 Å². The predicted molar refractivity (Wildman–Crippen MR) is 69.6 cm³/mol. The quantitative estimate of drug-likeness (QED) is 0.744. The van der Waals surface area contributed by atoms with Gasteiger partial charge in [0, 0.05) is 0 Å². The van der Waals surface area contributed by atoms with Gasteiger partial charge < -0.3 is 4.74 Å². The molecule has 90 valence electrons. The first kappa shape index (κ1) is 16.9. The summed E-state index contributed by atoms with van der Waals surface area (Å²) in [6, 6.07) is 9.65. The van der Waals surface area contributed by atoms with Gasteiger partial charge in [0.05, 0.1) is 0 Å². The molecule has 0 radical (unpaired) electrons. The maximum Gasteiger partial charge on any atom is 0.181 e. The summed E-state index contributed by atoms with van der Waals surface area (Å²) in [5.41, 5.74) is 1.19. The first-order valence-electron chi connectivity index (χ1n) is 5.85. The van der Waals surface area contributed by atoms with Gasteiger partial charge in [0.2, 0.25) is 0 Å². The van der Waals surface area contributed by atoms with Crippen LogP contribution in [0.4, 0.5) is 0 Å². The molecule has 0 aromatic heterocycles. The predicted octanol–water partition coefficient (Wildman–Crippen LogP) is 4.34. The van der Waals surface area contributed by atoms with Crippen molar-refractivity contribution in [1.82, 2.24) is 0 Å². The first-order chi connectivity index (χ1) is 7.72. The summed E-state index contributed by atoms with van der Waals surface area (Å²) in [5.74, 6) is 0.745. The molecule has 0 amide bonds. The Bertz CT molecular complexity index is 285. The summed E-state index contributed by atoms with van der Waals surface area (Å²) in [5, 5.41) is 8.48. The molecule has 1 unspecified atom stereocenters. The first-order valence-corrected chi connectivity index (χ1v) is 5.85. The molecule has 0 aliphatic heterocycles. The van der Waals surface area contributed by atoms with Gasteiger partial charge in [-0.3, -0.25) is 0 Å². The second-order valence-electron chi connectivity index (χ2n) is 2.70. The van der Waals surface area contributed by atoms with E-state index in [0.717, 1.165) is 5.75 Å². The van der Waals surface area contributed by atoms with Crippen LogP contribution in [0.5, 0.6) is 5.75 Å². The number of benzene rings is 1. The zero-order valence-corrected chi connectivity index (χ0v) is 11.2. The van der Waals surface area contributed by atoms with Crippen molar-refractivity contribution in [3.05, 3.63) is 29.8 Å². The minimum atomic E-state index is -0.382. The third kappa shape index (κ3) is 7.87. The average Bonchev–Trinajstić information content (AvgIpc) is 2.37. The normalized spacial score (nSPS) is 9.56. The van der Waals surface area contributed by atoms with Gasteiger partial charge in [-0.25, -0.2) is 0 Å². The lowest BCUT2D eigenvalue weighted by molar-refractivity contribution is 0.276. The summed E-state index contributed by atoms with van der Waals surface area (Å²) in [4.78, 5) is 0. The Hall–Kier alpha value is -1.49. The van der Waals surface area contributed by atoms with Gasteiger partial charge >= 0.3 is 0 Å². The van der Waals surface area contributed by atoms with Crippen LogP contribution >= 0.6 is 0 Å². The van der Waals surface area contributed by atoms with Gasteiger partial charge in [-0.15, -0.1) is 0 Å². The number of rotatable bonds is 2. The fourth-order valence-corrected chi connectivity index (χ4v) is 0.847. The molecule has 2 nitrogen and oxygen atoms in total. The molecule has 1 aromatic rings. The lowest BCUT2D eigenvalue weighted by atomic mass is 10.2. The second kappa shape index (κ2) is 11.6. The van der Waals surface area contributed by atoms with Gasteiger partial charge in [-0.05, 0) is 26.0 Å². The minimum Gasteiger partial charge on any atom is -0.476 e. The van der Waals surface area contributed by atoms with Crippen LogP contribution in [0.1, 0.15) is 40.2 Å². The third-order valence-electron chi connectivity index (χ3n) is 1.52. The number of hydrogen-bond acceptors (Lipinski definition) is 2. The number of ether oxygens (including phenoxy) is 1. The van der Waals surface area contributed by atoms with E-state index in [-0.39, 0.29) is 6.10 Å². The molecule has 1 aromatic carbocycles. The Morgan fingerprint density at radius 2 is 1.50 bits per heavy atom. The molecule has 2 heteroatoms. The molecule has 16 heavy (non-hydrogen) atoms. The molecule has 0 saturated heterocycles. The smallest absolute Gasteiger partial charge is 0.181 e. The summed E-state index contributed by atoms with van der Waals surface area (Å²) < 4.78 is 5.26. The molecule has 0 aliphatic carbocycles. The van der Waals surface area contributed by atoms with E-state index in [1.54, 1.807) is 6.92 Å². The minimum absolute atomic E-state index is 0.382. The van der Waals surface area contributed by atoms with E-state index < -0.39 is 0 Å². The highest BCUT2D eigenvalue weighted by Crippen LogP contribution is 2.12.